The van der Waals surface area contributed by atoms with Crippen LogP contribution in [0.2, 0.25) is 0 Å². The first-order valence-electron chi connectivity index (χ1n) is 34.6. The van der Waals surface area contributed by atoms with Crippen molar-refractivity contribution < 1.29 is 37.3 Å². The minimum atomic E-state index is -4.70. The van der Waals surface area contributed by atoms with Crippen LogP contribution < -0.4 is 10.2 Å². The first-order valence-corrected chi connectivity index (χ1v) is 36.1. The van der Waals surface area contributed by atoms with Crippen molar-refractivity contribution in [2.45, 2.75) is 341 Å². The van der Waals surface area contributed by atoms with E-state index in [2.05, 4.69) is 74.7 Å². The molecule has 0 aromatic heterocycles. The van der Waals surface area contributed by atoms with Gasteiger partial charge in [0.05, 0.1) is 33.8 Å². The lowest BCUT2D eigenvalue weighted by Gasteiger charge is -2.30. The summed E-state index contributed by atoms with van der Waals surface area (Å²) < 4.78 is 30.4. The Labute approximate surface area is 502 Å². The summed E-state index contributed by atoms with van der Waals surface area (Å²) in [5.74, 6) is -0.539. The summed E-state index contributed by atoms with van der Waals surface area (Å²) in [6.07, 6.45) is 77.6. The van der Waals surface area contributed by atoms with Crippen molar-refractivity contribution in [3.63, 3.8) is 0 Å². The van der Waals surface area contributed by atoms with Gasteiger partial charge in [-0.05, 0) is 96.0 Å². The van der Waals surface area contributed by atoms with E-state index in [1.54, 1.807) is 0 Å². The molecule has 0 fully saturated rings. The number of phosphoric ester groups is 1. The molecule has 0 saturated heterocycles. The third kappa shape index (κ3) is 62.1. The minimum absolute atomic E-state index is 0.0239. The molecule has 0 rings (SSSR count). The second kappa shape index (κ2) is 60.8. The normalized spacial score (nSPS) is 13.9. The third-order valence-corrected chi connectivity index (χ3v) is 16.4. The maximum absolute atomic E-state index is 13.6. The Balaban J connectivity index is 5.10. The van der Waals surface area contributed by atoms with Crippen molar-refractivity contribution in [2.24, 2.45) is 0 Å². The highest BCUT2D eigenvalue weighted by Gasteiger charge is 2.27. The molecule has 1 N–H and O–H groups in total. The van der Waals surface area contributed by atoms with Gasteiger partial charge in [0.1, 0.15) is 19.3 Å². The fourth-order valence-corrected chi connectivity index (χ4v) is 10.8. The predicted octanol–water partition coefficient (Wildman–Crippen LogP) is 21.2. The van der Waals surface area contributed by atoms with E-state index in [-0.39, 0.29) is 24.9 Å². The fraction of sp³-hybridized carbons (Fsp3) is 0.831. The zero-order chi connectivity index (χ0) is 59.3. The summed E-state index contributed by atoms with van der Waals surface area (Å²) >= 11 is 0. The summed E-state index contributed by atoms with van der Waals surface area (Å²) in [7, 11) is 1.19. The van der Waals surface area contributed by atoms with Gasteiger partial charge < -0.3 is 28.5 Å². The number of carbonyl (C=O) groups excluding carboxylic acids is 2. The average molecular weight is 1160 g/mol. The number of unbranched alkanes of at least 4 members (excludes halogenated alkanes) is 39. The Morgan fingerprint density at radius 3 is 1.14 bits per heavy atom. The van der Waals surface area contributed by atoms with Crippen LogP contribution in [-0.4, -0.2) is 69.4 Å². The highest BCUT2D eigenvalue weighted by Crippen LogP contribution is 2.38. The Bertz CT molecular complexity index is 1570. The molecule has 10 heteroatoms. The average Bonchev–Trinajstić information content (AvgIpc) is 3.44. The largest absolute Gasteiger partial charge is 0.756 e. The molecular weight excluding hydrogens is 1020 g/mol. The van der Waals surface area contributed by atoms with Crippen LogP contribution in [-0.2, 0) is 27.9 Å². The molecule has 0 aromatic rings. The first kappa shape index (κ1) is 78.7. The smallest absolute Gasteiger partial charge is 0.306 e. The molecule has 0 saturated carbocycles. The molecule has 0 radical (unpaired) electrons. The highest BCUT2D eigenvalue weighted by molar-refractivity contribution is 7.45. The van der Waals surface area contributed by atoms with E-state index in [0.29, 0.717) is 17.4 Å². The van der Waals surface area contributed by atoms with E-state index < -0.39 is 26.6 Å². The van der Waals surface area contributed by atoms with E-state index in [9.17, 15) is 19.0 Å². The quantitative estimate of drug-likeness (QED) is 0.0212. The molecule has 0 aliphatic rings. The number of phosphoric acid groups is 1. The number of ether oxygens (including phenoxy) is 1. The van der Waals surface area contributed by atoms with Crippen molar-refractivity contribution in [2.75, 3.05) is 40.9 Å². The number of hydrogen-bond acceptors (Lipinski definition) is 7. The van der Waals surface area contributed by atoms with Crippen LogP contribution in [0.4, 0.5) is 0 Å². The van der Waals surface area contributed by atoms with E-state index in [1.165, 1.54) is 212 Å². The van der Waals surface area contributed by atoms with E-state index in [1.807, 2.05) is 33.3 Å². The topological polar surface area (TPSA) is 114 Å². The Hall–Kier alpha value is -2.29. The molecule has 0 heterocycles. The maximum Gasteiger partial charge on any atom is 0.306 e. The van der Waals surface area contributed by atoms with Gasteiger partial charge in [-0.25, -0.2) is 0 Å². The van der Waals surface area contributed by atoms with Crippen molar-refractivity contribution in [1.82, 2.24) is 5.32 Å². The number of nitrogens with one attached hydrogen (secondary N) is 1. The van der Waals surface area contributed by atoms with Crippen molar-refractivity contribution in [3.8, 4) is 0 Å². The maximum atomic E-state index is 13.6. The van der Waals surface area contributed by atoms with Crippen LogP contribution >= 0.6 is 7.82 Å². The summed E-state index contributed by atoms with van der Waals surface area (Å²) in [6.45, 7) is 6.83. The van der Waals surface area contributed by atoms with Gasteiger partial charge in [0, 0.05) is 12.8 Å². The highest BCUT2D eigenvalue weighted by atomic mass is 31.2. The number of nitrogens with zero attached hydrogens (tertiary/aromatic N) is 1. The molecule has 474 valence electrons. The molecule has 0 bridgehead atoms. The minimum Gasteiger partial charge on any atom is -0.756 e. The van der Waals surface area contributed by atoms with E-state index in [0.717, 1.165) is 83.5 Å². The molecule has 0 spiro atoms. The van der Waals surface area contributed by atoms with Gasteiger partial charge in [0.15, 0.2) is 0 Å². The van der Waals surface area contributed by atoms with Crippen LogP contribution in [0.5, 0.6) is 0 Å². The molecular formula is C71H133N2O7P. The lowest BCUT2D eigenvalue weighted by atomic mass is 10.0. The SMILES string of the molecule is CCCCC/C=C\C/C=C\CCCCCCCCCCCCCCCCCC(=O)OC(/C=C\CCCCCCCCCCCCC)C(COP(=O)([O-])OCC[N+](C)(C)C)NC(=O)CCCCCCCCC/C=C\C/C=C\CCCCC. The van der Waals surface area contributed by atoms with Crippen molar-refractivity contribution >= 4 is 19.7 Å². The summed E-state index contributed by atoms with van der Waals surface area (Å²) in [5.41, 5.74) is 0. The van der Waals surface area contributed by atoms with Gasteiger partial charge in [0.25, 0.3) is 7.82 Å². The standard InChI is InChI=1S/C71H133N2O7P/c1-7-10-13-16-19-22-25-28-30-32-33-34-35-36-37-38-39-41-43-46-49-52-55-58-61-64-71(75)80-69(62-59-56-53-50-47-44-27-24-21-18-15-12-9-3)68(67-79-81(76,77)78-66-65-73(4,5)6)72-70(74)63-60-57-54-51-48-45-42-40-31-29-26-23-20-17-14-11-8-2/h19-20,22-23,28-31,59,62,68-69H,7-18,21,24-27,32-58,60-61,63-67H2,1-6H3,(H-,72,74,76,77)/b22-19-,23-20-,30-28-,31-29-,62-59-. The summed E-state index contributed by atoms with van der Waals surface area (Å²) in [4.78, 5) is 40.1. The van der Waals surface area contributed by atoms with Gasteiger partial charge in [-0.3, -0.25) is 14.2 Å². The number of likely N-dealkylation sites (N-methyl/N-ethyl adjacent to an activating group) is 1. The molecule has 0 aromatic carbocycles. The number of rotatable bonds is 63. The lowest BCUT2D eigenvalue weighted by molar-refractivity contribution is -0.870. The number of hydrogen-bond donors (Lipinski definition) is 1. The third-order valence-electron chi connectivity index (χ3n) is 15.4. The zero-order valence-electron chi connectivity index (χ0n) is 54.2. The molecule has 1 amide bonds. The molecule has 3 unspecified atom stereocenters. The first-order chi connectivity index (χ1) is 39.4. The van der Waals surface area contributed by atoms with Gasteiger partial charge >= 0.3 is 5.97 Å². The Kier molecular flexibility index (Phi) is 59.1. The Morgan fingerprint density at radius 1 is 0.432 bits per heavy atom. The van der Waals surface area contributed by atoms with Gasteiger partial charge in [-0.1, -0.05) is 281 Å². The Morgan fingerprint density at radius 2 is 0.753 bits per heavy atom. The number of amides is 1. The second-order valence-corrected chi connectivity index (χ2v) is 26.1. The zero-order valence-corrected chi connectivity index (χ0v) is 55.1. The van der Waals surface area contributed by atoms with E-state index in [4.69, 9.17) is 13.8 Å². The van der Waals surface area contributed by atoms with Crippen LogP contribution in [0, 0.1) is 0 Å². The number of allylic oxidation sites excluding steroid dienone is 9. The molecule has 9 nitrogen and oxygen atoms in total. The number of esters is 1. The molecule has 3 atom stereocenters. The summed E-state index contributed by atoms with van der Waals surface area (Å²) in [6, 6.07) is -0.893. The van der Waals surface area contributed by atoms with Gasteiger partial charge in [0.2, 0.25) is 5.91 Å². The van der Waals surface area contributed by atoms with Crippen molar-refractivity contribution in [1.29, 1.82) is 0 Å². The molecule has 0 aliphatic carbocycles. The lowest BCUT2D eigenvalue weighted by Crippen LogP contribution is -2.47. The number of carbonyl (C=O) groups is 2. The van der Waals surface area contributed by atoms with Crippen LogP contribution in [0.15, 0.2) is 60.8 Å². The van der Waals surface area contributed by atoms with Crippen LogP contribution in [0.25, 0.3) is 0 Å². The second-order valence-electron chi connectivity index (χ2n) is 24.7. The number of quaternary nitrogens is 1. The molecule has 0 aliphatic heterocycles. The van der Waals surface area contributed by atoms with E-state index >= 15 is 0 Å². The van der Waals surface area contributed by atoms with Crippen LogP contribution in [0.3, 0.4) is 0 Å². The van der Waals surface area contributed by atoms with Gasteiger partial charge in [-0.15, -0.1) is 0 Å². The van der Waals surface area contributed by atoms with Crippen molar-refractivity contribution in [3.05, 3.63) is 60.8 Å². The molecule has 81 heavy (non-hydrogen) atoms. The monoisotopic (exact) mass is 1160 g/mol. The van der Waals surface area contributed by atoms with Gasteiger partial charge in [-0.2, -0.15) is 0 Å². The predicted molar refractivity (Wildman–Crippen MR) is 349 cm³/mol. The van der Waals surface area contributed by atoms with Crippen LogP contribution in [0.1, 0.15) is 329 Å². The summed E-state index contributed by atoms with van der Waals surface area (Å²) in [5, 5.41) is 3.04. The fourth-order valence-electron chi connectivity index (χ4n) is 10.1.